The van der Waals surface area contributed by atoms with E-state index in [2.05, 4.69) is 5.92 Å². The van der Waals surface area contributed by atoms with Gasteiger partial charge in [0.25, 0.3) is 0 Å². The molecule has 0 aliphatic carbocycles. The summed E-state index contributed by atoms with van der Waals surface area (Å²) in [6, 6.07) is 10.4. The largest absolute Gasteiger partial charge is 0.369 e. The van der Waals surface area contributed by atoms with Crippen LogP contribution in [-0.2, 0) is 5.60 Å². The summed E-state index contributed by atoms with van der Waals surface area (Å²) in [5.41, 5.74) is -0.975. The van der Waals surface area contributed by atoms with Crippen LogP contribution in [0.1, 0.15) is 11.1 Å². The van der Waals surface area contributed by atoms with Gasteiger partial charge in [0, 0.05) is 11.1 Å². The molecule has 0 aromatic heterocycles. The molecule has 0 amide bonds. The van der Waals surface area contributed by atoms with Gasteiger partial charge in [-0.25, -0.2) is 8.78 Å². The van der Waals surface area contributed by atoms with E-state index < -0.39 is 17.2 Å². The van der Waals surface area contributed by atoms with Crippen LogP contribution >= 0.6 is 0 Å². The Bertz CT molecular complexity index is 534. The first-order chi connectivity index (χ1) is 8.56. The number of halogens is 2. The zero-order valence-electron chi connectivity index (χ0n) is 9.40. The Morgan fingerprint density at radius 3 is 1.44 bits per heavy atom. The Balaban J connectivity index is 2.52. The number of aliphatic hydroxyl groups is 1. The molecule has 0 saturated carbocycles. The second-order valence-electron chi connectivity index (χ2n) is 3.87. The van der Waals surface area contributed by atoms with E-state index in [1.54, 1.807) is 0 Å². The van der Waals surface area contributed by atoms with Crippen LogP contribution in [0.4, 0.5) is 8.78 Å². The summed E-state index contributed by atoms with van der Waals surface area (Å²) in [5.74, 6) is 1.42. The second-order valence-corrected chi connectivity index (χ2v) is 3.87. The summed E-state index contributed by atoms with van der Waals surface area (Å²) in [5, 5.41) is 10.5. The Hall–Kier alpha value is -2.18. The summed E-state index contributed by atoms with van der Waals surface area (Å²) < 4.78 is 25.7. The molecule has 0 unspecified atom stereocenters. The van der Waals surface area contributed by atoms with Crippen molar-refractivity contribution >= 4 is 0 Å². The summed E-state index contributed by atoms with van der Waals surface area (Å²) in [6.45, 7) is 0. The summed E-state index contributed by atoms with van der Waals surface area (Å²) >= 11 is 0. The topological polar surface area (TPSA) is 20.2 Å². The third-order valence-corrected chi connectivity index (χ3v) is 2.73. The van der Waals surface area contributed by atoms with Gasteiger partial charge >= 0.3 is 0 Å². The molecule has 90 valence electrons. The monoisotopic (exact) mass is 244 g/mol. The van der Waals surface area contributed by atoms with Gasteiger partial charge in [-0.05, 0) is 24.3 Å². The molecule has 0 fully saturated rings. The van der Waals surface area contributed by atoms with Crippen LogP contribution in [0.5, 0.6) is 0 Å². The maximum Gasteiger partial charge on any atom is 0.176 e. The first kappa shape index (κ1) is 12.3. The fourth-order valence-electron chi connectivity index (χ4n) is 1.72. The van der Waals surface area contributed by atoms with Crippen molar-refractivity contribution in [3.05, 3.63) is 71.3 Å². The summed E-state index contributed by atoms with van der Waals surface area (Å²) in [6.07, 6.45) is 5.36. The fourth-order valence-corrected chi connectivity index (χ4v) is 1.72. The minimum Gasteiger partial charge on any atom is -0.369 e. The zero-order chi connectivity index (χ0) is 13.2. The maximum atomic E-state index is 12.9. The number of rotatable bonds is 2. The van der Waals surface area contributed by atoms with Gasteiger partial charge in [0.15, 0.2) is 5.60 Å². The van der Waals surface area contributed by atoms with Crippen LogP contribution in [0.15, 0.2) is 48.5 Å². The van der Waals surface area contributed by atoms with Crippen molar-refractivity contribution in [2.24, 2.45) is 0 Å². The average molecular weight is 244 g/mol. The van der Waals surface area contributed by atoms with Crippen LogP contribution in [0.2, 0.25) is 0 Å². The van der Waals surface area contributed by atoms with Gasteiger partial charge in [-0.15, -0.1) is 6.42 Å². The van der Waals surface area contributed by atoms with Crippen LogP contribution in [-0.4, -0.2) is 5.11 Å². The van der Waals surface area contributed by atoms with Gasteiger partial charge < -0.3 is 5.11 Å². The standard InChI is InChI=1S/C15H10F2O/c1-2-15(18,11-3-7-13(16)8-4-11)12-5-9-14(17)10-6-12/h1,3-10,18H. The van der Waals surface area contributed by atoms with Crippen molar-refractivity contribution in [2.45, 2.75) is 5.60 Å². The van der Waals surface area contributed by atoms with E-state index >= 15 is 0 Å². The highest BCUT2D eigenvalue weighted by atomic mass is 19.1. The molecule has 0 radical (unpaired) electrons. The maximum absolute atomic E-state index is 12.9. The fraction of sp³-hybridized carbons (Fsp3) is 0.0667. The van der Waals surface area contributed by atoms with Crippen molar-refractivity contribution in [3.8, 4) is 12.3 Å². The van der Waals surface area contributed by atoms with Crippen LogP contribution in [0, 0.1) is 24.0 Å². The van der Waals surface area contributed by atoms with Crippen molar-refractivity contribution in [3.63, 3.8) is 0 Å². The second kappa shape index (κ2) is 4.59. The average Bonchev–Trinajstić information content (AvgIpc) is 2.39. The van der Waals surface area contributed by atoms with E-state index in [4.69, 9.17) is 6.42 Å². The lowest BCUT2D eigenvalue weighted by Crippen LogP contribution is -2.25. The quantitative estimate of drug-likeness (QED) is 0.805. The first-order valence-corrected chi connectivity index (χ1v) is 5.28. The van der Waals surface area contributed by atoms with Gasteiger partial charge in [-0.1, -0.05) is 30.2 Å². The summed E-state index contributed by atoms with van der Waals surface area (Å²) in [4.78, 5) is 0. The molecule has 1 nitrogen and oxygen atoms in total. The SMILES string of the molecule is C#CC(O)(c1ccc(F)cc1)c1ccc(F)cc1. The molecular weight excluding hydrogens is 234 g/mol. The minimum atomic E-state index is -1.69. The van der Waals surface area contributed by atoms with Crippen LogP contribution < -0.4 is 0 Å². The van der Waals surface area contributed by atoms with Gasteiger partial charge in [0.1, 0.15) is 11.6 Å². The Morgan fingerprint density at radius 1 is 0.833 bits per heavy atom. The van der Waals surface area contributed by atoms with E-state index in [1.807, 2.05) is 0 Å². The Morgan fingerprint density at radius 2 is 1.17 bits per heavy atom. The molecule has 0 saturated heterocycles. The molecule has 0 aliphatic heterocycles. The van der Waals surface area contributed by atoms with Gasteiger partial charge in [-0.3, -0.25) is 0 Å². The van der Waals surface area contributed by atoms with E-state index in [0.717, 1.165) is 0 Å². The molecule has 2 aromatic carbocycles. The molecule has 18 heavy (non-hydrogen) atoms. The predicted octanol–water partition coefficient (Wildman–Crippen LogP) is 2.83. The predicted molar refractivity (Wildman–Crippen MR) is 64.6 cm³/mol. The molecule has 0 atom stereocenters. The molecule has 3 heteroatoms. The molecule has 2 rings (SSSR count). The molecule has 0 bridgehead atoms. The van der Waals surface area contributed by atoms with E-state index in [1.165, 1.54) is 48.5 Å². The number of hydrogen-bond donors (Lipinski definition) is 1. The third-order valence-electron chi connectivity index (χ3n) is 2.73. The Labute approximate surface area is 104 Å². The minimum absolute atomic E-state index is 0.359. The number of hydrogen-bond acceptors (Lipinski definition) is 1. The van der Waals surface area contributed by atoms with Gasteiger partial charge in [0.2, 0.25) is 0 Å². The van der Waals surface area contributed by atoms with Crippen LogP contribution in [0.25, 0.3) is 0 Å². The van der Waals surface area contributed by atoms with Gasteiger partial charge in [-0.2, -0.15) is 0 Å². The van der Waals surface area contributed by atoms with Crippen molar-refractivity contribution in [2.75, 3.05) is 0 Å². The zero-order valence-corrected chi connectivity index (χ0v) is 9.40. The molecule has 0 heterocycles. The lowest BCUT2D eigenvalue weighted by molar-refractivity contribution is 0.145. The van der Waals surface area contributed by atoms with E-state index in [9.17, 15) is 13.9 Å². The summed E-state index contributed by atoms with van der Waals surface area (Å²) in [7, 11) is 0. The molecule has 0 aliphatic rings. The normalized spacial score (nSPS) is 11.0. The highest BCUT2D eigenvalue weighted by molar-refractivity contribution is 5.43. The van der Waals surface area contributed by atoms with Crippen LogP contribution in [0.3, 0.4) is 0 Å². The van der Waals surface area contributed by atoms with E-state index in [0.29, 0.717) is 11.1 Å². The van der Waals surface area contributed by atoms with Crippen molar-refractivity contribution < 1.29 is 13.9 Å². The number of benzene rings is 2. The molecular formula is C15H10F2O. The first-order valence-electron chi connectivity index (χ1n) is 5.28. The number of terminal acetylenes is 1. The Kier molecular flexibility index (Phi) is 3.14. The third kappa shape index (κ3) is 2.11. The highest BCUT2D eigenvalue weighted by Crippen LogP contribution is 2.29. The smallest absolute Gasteiger partial charge is 0.176 e. The lowest BCUT2D eigenvalue weighted by Gasteiger charge is -2.23. The highest BCUT2D eigenvalue weighted by Gasteiger charge is 2.29. The van der Waals surface area contributed by atoms with Gasteiger partial charge in [0.05, 0.1) is 0 Å². The molecule has 0 spiro atoms. The van der Waals surface area contributed by atoms with Crippen molar-refractivity contribution in [1.29, 1.82) is 0 Å². The lowest BCUT2D eigenvalue weighted by atomic mass is 9.87. The molecule has 2 aromatic rings. The molecule has 1 N–H and O–H groups in total. The van der Waals surface area contributed by atoms with Crippen molar-refractivity contribution in [1.82, 2.24) is 0 Å². The van der Waals surface area contributed by atoms with E-state index in [-0.39, 0.29) is 0 Å².